The third-order valence-electron chi connectivity index (χ3n) is 5.42. The van der Waals surface area contributed by atoms with Crippen molar-refractivity contribution in [2.45, 2.75) is 12.5 Å². The van der Waals surface area contributed by atoms with Crippen molar-refractivity contribution >= 4 is 11.8 Å². The molecule has 1 unspecified atom stereocenters. The highest BCUT2D eigenvalue weighted by molar-refractivity contribution is 6.02. The average molecular weight is 363 g/mol. The van der Waals surface area contributed by atoms with E-state index in [1.165, 1.54) is 18.7 Å². The number of hydrogen-bond donors (Lipinski definition) is 1. The molecular formula is C22H21NO4. The minimum Gasteiger partial charge on any atom is -0.507 e. The van der Waals surface area contributed by atoms with Crippen molar-refractivity contribution < 1.29 is 19.4 Å². The molecule has 0 saturated heterocycles. The average Bonchev–Trinajstić information content (AvgIpc) is 2.72. The Morgan fingerprint density at radius 2 is 1.85 bits per heavy atom. The topological polar surface area (TPSA) is 66.8 Å². The number of carbonyl (C=O) groups excluding carboxylic acids is 2. The minimum atomic E-state index is -0.506. The number of hydrogen-bond acceptors (Lipinski definition) is 5. The number of ether oxygens (including phenoxy) is 1. The van der Waals surface area contributed by atoms with E-state index in [2.05, 4.69) is 11.0 Å². The van der Waals surface area contributed by atoms with Gasteiger partial charge in [-0.1, -0.05) is 42.5 Å². The maximum atomic E-state index is 13.0. The Hall–Kier alpha value is -2.92. The second-order valence-electron chi connectivity index (χ2n) is 6.95. The number of aromatic hydroxyl groups is 1. The van der Waals surface area contributed by atoms with Gasteiger partial charge in [-0.05, 0) is 29.7 Å². The highest BCUT2D eigenvalue weighted by Gasteiger charge is 2.40. The lowest BCUT2D eigenvalue weighted by molar-refractivity contribution is -0.137. The minimum absolute atomic E-state index is 0.0402. The summed E-state index contributed by atoms with van der Waals surface area (Å²) < 4.78 is 5.02. The second-order valence-corrected chi connectivity index (χ2v) is 6.95. The van der Waals surface area contributed by atoms with Crippen molar-refractivity contribution in [1.82, 2.24) is 4.90 Å². The van der Waals surface area contributed by atoms with Crippen molar-refractivity contribution in [2.75, 3.05) is 20.2 Å². The van der Waals surface area contributed by atoms with Crippen LogP contribution in [0.3, 0.4) is 0 Å². The molecule has 0 saturated carbocycles. The number of phenols is 1. The van der Waals surface area contributed by atoms with Gasteiger partial charge >= 0.3 is 5.97 Å². The zero-order valence-electron chi connectivity index (χ0n) is 15.1. The zero-order valence-corrected chi connectivity index (χ0v) is 15.1. The highest BCUT2D eigenvalue weighted by atomic mass is 16.5. The van der Waals surface area contributed by atoms with Crippen LogP contribution in [0, 0.1) is 5.92 Å². The molecule has 0 radical (unpaired) electrons. The number of carbonyl (C=O) groups is 2. The van der Waals surface area contributed by atoms with Crippen molar-refractivity contribution in [2.24, 2.45) is 5.92 Å². The van der Waals surface area contributed by atoms with Gasteiger partial charge in [0.05, 0.1) is 30.2 Å². The molecule has 2 aliphatic rings. The monoisotopic (exact) mass is 363 g/mol. The van der Waals surface area contributed by atoms with Crippen LogP contribution in [-0.4, -0.2) is 42.0 Å². The van der Waals surface area contributed by atoms with E-state index in [-0.39, 0.29) is 23.1 Å². The van der Waals surface area contributed by atoms with E-state index in [4.69, 9.17) is 4.74 Å². The number of ketones is 1. The smallest absolute Gasteiger partial charge is 0.335 e. The molecule has 0 aromatic heterocycles. The number of para-hydroxylation sites is 1. The van der Waals surface area contributed by atoms with Crippen LogP contribution in [0.5, 0.6) is 5.75 Å². The molecular weight excluding hydrogens is 342 g/mol. The van der Waals surface area contributed by atoms with Crippen LogP contribution in [0.1, 0.15) is 27.5 Å². The molecule has 2 heterocycles. The molecule has 0 amide bonds. The van der Waals surface area contributed by atoms with Crippen molar-refractivity contribution in [3.05, 3.63) is 76.9 Å². The van der Waals surface area contributed by atoms with Crippen molar-refractivity contribution in [1.29, 1.82) is 0 Å². The maximum absolute atomic E-state index is 13.0. The van der Waals surface area contributed by atoms with Crippen LogP contribution in [0.15, 0.2) is 60.2 Å². The first kappa shape index (κ1) is 17.5. The predicted molar refractivity (Wildman–Crippen MR) is 100 cm³/mol. The summed E-state index contributed by atoms with van der Waals surface area (Å²) in [6.45, 7) is 1.27. The first-order valence-corrected chi connectivity index (χ1v) is 9.04. The molecule has 0 fully saturated rings. The fraction of sp³-hybridized carbons (Fsp3) is 0.273. The highest BCUT2D eigenvalue weighted by Crippen LogP contribution is 2.40. The number of esters is 1. The summed E-state index contributed by atoms with van der Waals surface area (Å²) >= 11 is 0. The number of benzene rings is 2. The van der Waals surface area contributed by atoms with Crippen LogP contribution >= 0.6 is 0 Å². The number of methoxy groups -OCH3 is 1. The Kier molecular flexibility index (Phi) is 4.54. The van der Waals surface area contributed by atoms with Gasteiger partial charge in [0, 0.05) is 13.1 Å². The van der Waals surface area contributed by atoms with Crippen LogP contribution in [0.4, 0.5) is 0 Å². The van der Waals surface area contributed by atoms with Gasteiger partial charge in [0.15, 0.2) is 5.78 Å². The van der Waals surface area contributed by atoms with Crippen LogP contribution in [0.2, 0.25) is 0 Å². The van der Waals surface area contributed by atoms with Gasteiger partial charge in [-0.2, -0.15) is 0 Å². The summed E-state index contributed by atoms with van der Waals surface area (Å²) in [4.78, 5) is 27.7. The number of nitrogens with zero attached hydrogens (tertiary/aromatic N) is 1. The lowest BCUT2D eigenvalue weighted by Gasteiger charge is -2.42. The third-order valence-corrected chi connectivity index (χ3v) is 5.42. The van der Waals surface area contributed by atoms with E-state index >= 15 is 0 Å². The SMILES string of the molecule is COC(=O)C1=CC(C(=O)c2ccccc2O)CN2CCc3ccccc3[C@@H]12. The van der Waals surface area contributed by atoms with Gasteiger partial charge in [-0.25, -0.2) is 4.79 Å². The third kappa shape index (κ3) is 3.04. The standard InChI is InChI=1S/C22H21NO4/c1-27-22(26)18-12-15(21(25)17-8-4-5-9-19(17)24)13-23-11-10-14-6-2-3-7-16(14)20(18)23/h2-9,12,15,20,24H,10-11,13H2,1H3/t15?,20-/m0/s1. The molecule has 4 rings (SSSR count). The lowest BCUT2D eigenvalue weighted by Crippen LogP contribution is -2.45. The fourth-order valence-corrected chi connectivity index (χ4v) is 4.13. The molecule has 2 aromatic rings. The first-order chi connectivity index (χ1) is 13.1. The van der Waals surface area contributed by atoms with Gasteiger partial charge in [-0.3, -0.25) is 9.69 Å². The second kappa shape index (κ2) is 7.00. The van der Waals surface area contributed by atoms with Crippen molar-refractivity contribution in [3.8, 4) is 5.75 Å². The molecule has 138 valence electrons. The first-order valence-electron chi connectivity index (χ1n) is 9.04. The van der Waals surface area contributed by atoms with Gasteiger partial charge in [0.1, 0.15) is 5.75 Å². The number of Topliss-reactive ketones (excluding diaryl/α,β-unsaturated/α-hetero) is 1. The lowest BCUT2D eigenvalue weighted by atomic mass is 9.81. The molecule has 2 aromatic carbocycles. The van der Waals surface area contributed by atoms with Crippen LogP contribution < -0.4 is 0 Å². The molecule has 0 bridgehead atoms. The molecule has 1 N–H and O–H groups in total. The van der Waals surface area contributed by atoms with Gasteiger partial charge < -0.3 is 9.84 Å². The van der Waals surface area contributed by atoms with Gasteiger partial charge in [0.2, 0.25) is 0 Å². The summed E-state index contributed by atoms with van der Waals surface area (Å²) in [5.41, 5.74) is 3.08. The van der Waals surface area contributed by atoms with Crippen molar-refractivity contribution in [3.63, 3.8) is 0 Å². The van der Waals surface area contributed by atoms with Crippen LogP contribution in [0.25, 0.3) is 0 Å². The molecule has 0 spiro atoms. The number of phenolic OH excluding ortho intramolecular Hbond substituents is 1. The summed E-state index contributed by atoms with van der Waals surface area (Å²) in [7, 11) is 1.36. The quantitative estimate of drug-likeness (QED) is 0.671. The zero-order chi connectivity index (χ0) is 19.0. The van der Waals surface area contributed by atoms with E-state index < -0.39 is 11.9 Å². The molecule has 2 aliphatic heterocycles. The Morgan fingerprint density at radius 3 is 2.63 bits per heavy atom. The summed E-state index contributed by atoms with van der Waals surface area (Å²) in [6.07, 6.45) is 2.60. The van der Waals surface area contributed by atoms with Gasteiger partial charge in [0.25, 0.3) is 0 Å². The number of rotatable bonds is 3. The molecule has 27 heavy (non-hydrogen) atoms. The molecule has 5 heteroatoms. The summed E-state index contributed by atoms with van der Waals surface area (Å²) in [6, 6.07) is 14.4. The fourth-order valence-electron chi connectivity index (χ4n) is 4.13. The van der Waals surface area contributed by atoms with E-state index in [9.17, 15) is 14.7 Å². The Bertz CT molecular complexity index is 933. The molecule has 2 atom stereocenters. The van der Waals surface area contributed by atoms with E-state index in [1.807, 2.05) is 18.2 Å². The Morgan fingerprint density at radius 1 is 1.11 bits per heavy atom. The predicted octanol–water partition coefficient (Wildman–Crippen LogP) is 2.90. The molecule has 0 aliphatic carbocycles. The van der Waals surface area contributed by atoms with E-state index in [1.54, 1.807) is 24.3 Å². The molecule has 5 nitrogen and oxygen atoms in total. The normalized spacial score (nSPS) is 21.6. The maximum Gasteiger partial charge on any atom is 0.335 e. The summed E-state index contributed by atoms with van der Waals surface area (Å²) in [5, 5.41) is 10.0. The van der Waals surface area contributed by atoms with Gasteiger partial charge in [-0.15, -0.1) is 0 Å². The van der Waals surface area contributed by atoms with Crippen LogP contribution in [-0.2, 0) is 16.0 Å². The van der Waals surface area contributed by atoms with E-state index in [0.29, 0.717) is 12.1 Å². The largest absolute Gasteiger partial charge is 0.507 e. The Labute approximate surface area is 157 Å². The summed E-state index contributed by atoms with van der Waals surface area (Å²) in [5.74, 6) is -1.15. The number of fused-ring (bicyclic) bond motifs is 3. The Balaban J connectivity index is 1.77. The van der Waals surface area contributed by atoms with E-state index in [0.717, 1.165) is 18.5 Å².